The lowest BCUT2D eigenvalue weighted by atomic mass is 10.0. The molecule has 0 aliphatic rings. The lowest BCUT2D eigenvalue weighted by molar-refractivity contribution is 0.477. The lowest BCUT2D eigenvalue weighted by Crippen LogP contribution is -2.35. The summed E-state index contributed by atoms with van der Waals surface area (Å²) in [4.78, 5) is 11.0. The summed E-state index contributed by atoms with van der Waals surface area (Å²) in [5.41, 5.74) is 8.54. The van der Waals surface area contributed by atoms with Crippen molar-refractivity contribution in [3.63, 3.8) is 0 Å². The lowest BCUT2D eigenvalue weighted by Gasteiger charge is -2.22. The van der Waals surface area contributed by atoms with E-state index in [1.54, 1.807) is 23.1 Å². The van der Waals surface area contributed by atoms with E-state index in [0.29, 0.717) is 17.9 Å². The first-order valence-corrected chi connectivity index (χ1v) is 8.60. The number of hydrogen-bond acceptors (Lipinski definition) is 6. The maximum absolute atomic E-state index is 10.3. The molecule has 3 aromatic rings. The molecular formula is C19H24N6O. The third-order valence-corrected chi connectivity index (χ3v) is 4.34. The van der Waals surface area contributed by atoms with Gasteiger partial charge >= 0.3 is 0 Å². The van der Waals surface area contributed by atoms with Crippen molar-refractivity contribution in [3.05, 3.63) is 42.9 Å². The molecule has 0 fully saturated rings. The predicted octanol–water partition coefficient (Wildman–Crippen LogP) is 2.42. The van der Waals surface area contributed by atoms with Crippen LogP contribution in [0.1, 0.15) is 13.3 Å². The fraction of sp³-hybridized carbons (Fsp3) is 0.316. The van der Waals surface area contributed by atoms with Gasteiger partial charge < -0.3 is 15.7 Å². The molecule has 3 N–H and O–H groups in total. The molecule has 0 bridgehead atoms. The molecule has 1 aromatic carbocycles. The number of aryl methyl sites for hydroxylation is 1. The highest BCUT2D eigenvalue weighted by molar-refractivity contribution is 5.74. The van der Waals surface area contributed by atoms with Crippen LogP contribution in [0.15, 0.2) is 42.9 Å². The maximum atomic E-state index is 10.3. The number of aromatic nitrogens is 4. The predicted molar refractivity (Wildman–Crippen MR) is 103 cm³/mol. The van der Waals surface area contributed by atoms with Crippen LogP contribution in [0, 0.1) is 0 Å². The van der Waals surface area contributed by atoms with E-state index in [0.717, 1.165) is 23.4 Å². The highest BCUT2D eigenvalue weighted by Gasteiger charge is 2.13. The summed E-state index contributed by atoms with van der Waals surface area (Å²) in [5.74, 6) is 1.38. The van der Waals surface area contributed by atoms with E-state index in [1.165, 1.54) is 0 Å². The first kappa shape index (κ1) is 17.9. The van der Waals surface area contributed by atoms with Crippen molar-refractivity contribution in [3.8, 4) is 28.3 Å². The van der Waals surface area contributed by atoms with E-state index >= 15 is 0 Å². The smallest absolute Gasteiger partial charge is 0.165 e. The third-order valence-electron chi connectivity index (χ3n) is 4.34. The van der Waals surface area contributed by atoms with Gasteiger partial charge in [0.15, 0.2) is 5.82 Å². The summed E-state index contributed by atoms with van der Waals surface area (Å²) in [6.45, 7) is 2.76. The van der Waals surface area contributed by atoms with Crippen LogP contribution in [0.2, 0.25) is 0 Å². The van der Waals surface area contributed by atoms with Crippen LogP contribution in [-0.4, -0.2) is 44.5 Å². The average molecular weight is 352 g/mol. The van der Waals surface area contributed by atoms with Gasteiger partial charge in [-0.15, -0.1) is 0 Å². The zero-order valence-corrected chi connectivity index (χ0v) is 15.3. The van der Waals surface area contributed by atoms with Crippen molar-refractivity contribution in [1.29, 1.82) is 0 Å². The minimum atomic E-state index is 0.0840. The molecule has 0 unspecified atom stereocenters. The molecule has 3 rings (SSSR count). The van der Waals surface area contributed by atoms with Crippen LogP contribution in [0.3, 0.4) is 0 Å². The van der Waals surface area contributed by atoms with E-state index in [1.807, 2.05) is 43.4 Å². The van der Waals surface area contributed by atoms with Crippen molar-refractivity contribution >= 4 is 5.82 Å². The normalized spacial score (nSPS) is 12.2. The van der Waals surface area contributed by atoms with Crippen LogP contribution in [0.25, 0.3) is 22.5 Å². The van der Waals surface area contributed by atoms with Gasteiger partial charge in [-0.1, -0.05) is 13.0 Å². The molecule has 1 atom stereocenters. The average Bonchev–Trinajstić information content (AvgIpc) is 3.08. The van der Waals surface area contributed by atoms with Crippen LogP contribution in [0.4, 0.5) is 5.82 Å². The molecule has 7 nitrogen and oxygen atoms in total. The number of likely N-dealkylation sites (N-methyl/N-ethyl adjacent to an activating group) is 1. The SMILES string of the molecule is CC[C@@H](N)CN(C)c1ccnc(-c2cc(-c3cnn(C)c3)ccc2O)n1. The van der Waals surface area contributed by atoms with Gasteiger partial charge in [-0.2, -0.15) is 5.10 Å². The Bertz CT molecular complexity index is 891. The number of rotatable bonds is 6. The zero-order chi connectivity index (χ0) is 18.7. The molecule has 2 aromatic heterocycles. The molecule has 7 heteroatoms. The Morgan fingerprint density at radius 3 is 2.77 bits per heavy atom. The Hall–Kier alpha value is -2.93. The first-order valence-electron chi connectivity index (χ1n) is 8.60. The van der Waals surface area contributed by atoms with Gasteiger partial charge in [0.1, 0.15) is 11.6 Å². The number of hydrogen-bond donors (Lipinski definition) is 2. The number of benzene rings is 1. The molecule has 136 valence electrons. The Labute approximate surface area is 153 Å². The molecule has 0 saturated heterocycles. The summed E-state index contributed by atoms with van der Waals surface area (Å²) in [5, 5.41) is 14.5. The van der Waals surface area contributed by atoms with Gasteiger partial charge in [0.25, 0.3) is 0 Å². The van der Waals surface area contributed by atoms with E-state index in [4.69, 9.17) is 5.73 Å². The third kappa shape index (κ3) is 3.83. The Morgan fingerprint density at radius 1 is 1.27 bits per heavy atom. The minimum Gasteiger partial charge on any atom is -0.507 e. The Balaban J connectivity index is 1.95. The van der Waals surface area contributed by atoms with Crippen LogP contribution < -0.4 is 10.6 Å². The molecule has 0 saturated carbocycles. The second-order valence-corrected chi connectivity index (χ2v) is 6.42. The summed E-state index contributed by atoms with van der Waals surface area (Å²) in [7, 11) is 3.82. The molecule has 26 heavy (non-hydrogen) atoms. The number of anilines is 1. The van der Waals surface area contributed by atoms with Crippen molar-refractivity contribution in [2.24, 2.45) is 12.8 Å². The second-order valence-electron chi connectivity index (χ2n) is 6.42. The summed E-state index contributed by atoms with van der Waals surface area (Å²) in [6, 6.07) is 7.31. The molecule has 2 heterocycles. The van der Waals surface area contributed by atoms with Gasteiger partial charge in [0.2, 0.25) is 0 Å². The van der Waals surface area contributed by atoms with E-state index in [-0.39, 0.29) is 11.8 Å². The van der Waals surface area contributed by atoms with Gasteiger partial charge in [-0.25, -0.2) is 9.97 Å². The fourth-order valence-electron chi connectivity index (χ4n) is 2.73. The summed E-state index contributed by atoms with van der Waals surface area (Å²) in [6.07, 6.45) is 6.30. The number of phenols is 1. The summed E-state index contributed by atoms with van der Waals surface area (Å²) < 4.78 is 1.74. The molecule has 0 amide bonds. The Kier molecular flexibility index (Phi) is 5.18. The standard InChI is InChI=1S/C19H24N6O/c1-4-15(20)12-24(2)18-7-8-21-19(23-18)16-9-13(5-6-17(16)26)14-10-22-25(3)11-14/h5-11,15,26H,4,12,20H2,1-3H3/t15-/m1/s1. The topological polar surface area (TPSA) is 93.1 Å². The zero-order valence-electron chi connectivity index (χ0n) is 15.3. The summed E-state index contributed by atoms with van der Waals surface area (Å²) >= 11 is 0. The van der Waals surface area contributed by atoms with E-state index in [2.05, 4.69) is 22.0 Å². The molecule has 0 aliphatic carbocycles. The molecule has 0 aliphatic heterocycles. The number of phenolic OH excluding ortho intramolecular Hbond substituents is 1. The highest BCUT2D eigenvalue weighted by atomic mass is 16.3. The number of nitrogens with zero attached hydrogens (tertiary/aromatic N) is 5. The van der Waals surface area contributed by atoms with Crippen LogP contribution in [-0.2, 0) is 7.05 Å². The van der Waals surface area contributed by atoms with Crippen molar-refractivity contribution in [2.75, 3.05) is 18.5 Å². The number of nitrogens with two attached hydrogens (primary N) is 1. The largest absolute Gasteiger partial charge is 0.507 e. The van der Waals surface area contributed by atoms with Gasteiger partial charge in [-0.05, 0) is 30.2 Å². The quantitative estimate of drug-likeness (QED) is 0.708. The van der Waals surface area contributed by atoms with E-state index < -0.39 is 0 Å². The molecule has 0 spiro atoms. The van der Waals surface area contributed by atoms with Crippen molar-refractivity contribution in [1.82, 2.24) is 19.7 Å². The van der Waals surface area contributed by atoms with Crippen molar-refractivity contribution in [2.45, 2.75) is 19.4 Å². The Morgan fingerprint density at radius 2 is 2.08 bits per heavy atom. The second kappa shape index (κ2) is 7.53. The monoisotopic (exact) mass is 352 g/mol. The minimum absolute atomic E-state index is 0.0840. The fourth-order valence-corrected chi connectivity index (χ4v) is 2.73. The molecule has 0 radical (unpaired) electrons. The van der Waals surface area contributed by atoms with Crippen molar-refractivity contribution < 1.29 is 5.11 Å². The van der Waals surface area contributed by atoms with Crippen LogP contribution in [0.5, 0.6) is 5.75 Å². The maximum Gasteiger partial charge on any atom is 0.165 e. The molecular weight excluding hydrogens is 328 g/mol. The van der Waals surface area contributed by atoms with Gasteiger partial charge in [0.05, 0.1) is 11.8 Å². The highest BCUT2D eigenvalue weighted by Crippen LogP contribution is 2.32. The number of aromatic hydroxyl groups is 1. The first-order chi connectivity index (χ1) is 12.5. The van der Waals surface area contributed by atoms with Gasteiger partial charge in [-0.3, -0.25) is 4.68 Å². The van der Waals surface area contributed by atoms with Crippen LogP contribution >= 0.6 is 0 Å². The van der Waals surface area contributed by atoms with E-state index in [9.17, 15) is 5.11 Å². The van der Waals surface area contributed by atoms with Gasteiger partial charge in [0, 0.05) is 44.6 Å².